The third kappa shape index (κ3) is 1.66. The summed E-state index contributed by atoms with van der Waals surface area (Å²) in [6.07, 6.45) is 1.30. The molecule has 1 aliphatic rings. The van der Waals surface area contributed by atoms with E-state index in [2.05, 4.69) is 18.7 Å². The molecule has 0 aromatic heterocycles. The fourth-order valence-electron chi connectivity index (χ4n) is 1.38. The fourth-order valence-corrected chi connectivity index (χ4v) is 1.38. The first kappa shape index (κ1) is 7.03. The van der Waals surface area contributed by atoms with Gasteiger partial charge >= 0.3 is 0 Å². The number of hydrogen-bond donors (Lipinski definition) is 1. The van der Waals surface area contributed by atoms with E-state index in [1.807, 2.05) is 0 Å². The quantitative estimate of drug-likeness (QED) is 0.561. The number of likely N-dealkylation sites (tertiary alicyclic amines) is 1. The molecule has 54 valence electrons. The van der Waals surface area contributed by atoms with Crippen molar-refractivity contribution >= 4 is 0 Å². The van der Waals surface area contributed by atoms with Crippen LogP contribution in [0, 0.1) is 5.41 Å². The van der Waals surface area contributed by atoms with Gasteiger partial charge in [-0.1, -0.05) is 13.8 Å². The number of nitrogens with zero attached hydrogens (tertiary/aromatic N) is 1. The van der Waals surface area contributed by atoms with Crippen molar-refractivity contribution in [2.45, 2.75) is 20.3 Å². The van der Waals surface area contributed by atoms with Crippen LogP contribution in [0.4, 0.5) is 0 Å². The maximum Gasteiger partial charge on any atom is 0.0455 e. The van der Waals surface area contributed by atoms with Gasteiger partial charge in [-0.15, -0.1) is 0 Å². The first-order valence-electron chi connectivity index (χ1n) is 3.56. The van der Waals surface area contributed by atoms with Gasteiger partial charge < -0.3 is 5.73 Å². The summed E-state index contributed by atoms with van der Waals surface area (Å²) in [6.45, 7) is 7.67. The lowest BCUT2D eigenvalue weighted by Gasteiger charge is -2.17. The lowest BCUT2D eigenvalue weighted by atomic mass is 9.93. The van der Waals surface area contributed by atoms with Crippen molar-refractivity contribution in [3.8, 4) is 0 Å². The zero-order valence-electron chi connectivity index (χ0n) is 6.35. The summed E-state index contributed by atoms with van der Waals surface area (Å²) in [4.78, 5) is 2.29. The summed E-state index contributed by atoms with van der Waals surface area (Å²) >= 11 is 0. The highest BCUT2D eigenvalue weighted by molar-refractivity contribution is 4.81. The van der Waals surface area contributed by atoms with Gasteiger partial charge in [0.15, 0.2) is 0 Å². The Morgan fingerprint density at radius 1 is 1.56 bits per heavy atom. The maximum atomic E-state index is 5.48. The van der Waals surface area contributed by atoms with E-state index in [4.69, 9.17) is 5.73 Å². The van der Waals surface area contributed by atoms with Gasteiger partial charge in [0.05, 0.1) is 0 Å². The lowest BCUT2D eigenvalue weighted by Crippen LogP contribution is -2.29. The molecule has 1 heterocycles. The summed E-state index contributed by atoms with van der Waals surface area (Å²) in [5.41, 5.74) is 5.99. The molecule has 1 saturated heterocycles. The highest BCUT2D eigenvalue weighted by Gasteiger charge is 2.27. The van der Waals surface area contributed by atoms with Gasteiger partial charge in [0.1, 0.15) is 0 Å². The summed E-state index contributed by atoms with van der Waals surface area (Å²) in [5, 5.41) is 0. The van der Waals surface area contributed by atoms with Crippen molar-refractivity contribution in [2.75, 3.05) is 19.8 Å². The van der Waals surface area contributed by atoms with Gasteiger partial charge in [-0.25, -0.2) is 0 Å². The number of rotatable bonds is 1. The van der Waals surface area contributed by atoms with Crippen molar-refractivity contribution in [1.82, 2.24) is 4.90 Å². The topological polar surface area (TPSA) is 29.3 Å². The van der Waals surface area contributed by atoms with Gasteiger partial charge in [0.25, 0.3) is 0 Å². The van der Waals surface area contributed by atoms with E-state index in [0.717, 1.165) is 6.67 Å². The maximum absolute atomic E-state index is 5.48. The Kier molecular flexibility index (Phi) is 1.78. The van der Waals surface area contributed by atoms with Gasteiger partial charge in [-0.05, 0) is 18.4 Å². The standard InChI is InChI=1S/C7H16N2/c1-7(2)3-4-9(5-7)6-8/h3-6,8H2,1-2H3. The molecule has 0 amide bonds. The average Bonchev–Trinajstić information content (AvgIpc) is 2.10. The van der Waals surface area contributed by atoms with Crippen LogP contribution in [0.5, 0.6) is 0 Å². The van der Waals surface area contributed by atoms with Crippen molar-refractivity contribution in [2.24, 2.45) is 11.1 Å². The van der Waals surface area contributed by atoms with Crippen LogP contribution >= 0.6 is 0 Å². The van der Waals surface area contributed by atoms with Crippen LogP contribution in [0.1, 0.15) is 20.3 Å². The Bertz CT molecular complexity index is 99.1. The summed E-state index contributed by atoms with van der Waals surface area (Å²) < 4.78 is 0. The van der Waals surface area contributed by atoms with Crippen molar-refractivity contribution in [1.29, 1.82) is 0 Å². The molecule has 1 aliphatic heterocycles. The molecule has 2 N–H and O–H groups in total. The second-order valence-corrected chi connectivity index (χ2v) is 3.65. The van der Waals surface area contributed by atoms with Gasteiger partial charge in [-0.2, -0.15) is 0 Å². The van der Waals surface area contributed by atoms with Crippen LogP contribution in [0.2, 0.25) is 0 Å². The van der Waals surface area contributed by atoms with Crippen LogP contribution < -0.4 is 5.73 Å². The minimum absolute atomic E-state index is 0.513. The summed E-state index contributed by atoms with van der Waals surface area (Å²) in [6, 6.07) is 0. The minimum atomic E-state index is 0.513. The minimum Gasteiger partial charge on any atom is -0.318 e. The van der Waals surface area contributed by atoms with Gasteiger partial charge in [-0.3, -0.25) is 4.90 Å². The molecule has 0 radical (unpaired) electrons. The van der Waals surface area contributed by atoms with Crippen molar-refractivity contribution in [3.63, 3.8) is 0 Å². The largest absolute Gasteiger partial charge is 0.318 e. The predicted molar refractivity (Wildman–Crippen MR) is 39.0 cm³/mol. The molecule has 0 unspecified atom stereocenters. The van der Waals surface area contributed by atoms with E-state index in [-0.39, 0.29) is 0 Å². The molecule has 1 rings (SSSR count). The number of hydrogen-bond acceptors (Lipinski definition) is 2. The highest BCUT2D eigenvalue weighted by atomic mass is 15.2. The first-order chi connectivity index (χ1) is 4.14. The molecule has 0 aliphatic carbocycles. The Labute approximate surface area is 57.0 Å². The number of nitrogens with two attached hydrogens (primary N) is 1. The van der Waals surface area contributed by atoms with Crippen molar-refractivity contribution in [3.05, 3.63) is 0 Å². The first-order valence-corrected chi connectivity index (χ1v) is 3.56. The van der Waals surface area contributed by atoms with Gasteiger partial charge in [0, 0.05) is 13.2 Å². The Hall–Kier alpha value is -0.0800. The molecular formula is C7H16N2. The molecule has 0 saturated carbocycles. The zero-order chi connectivity index (χ0) is 6.91. The Morgan fingerprint density at radius 3 is 2.44 bits per heavy atom. The molecular weight excluding hydrogens is 112 g/mol. The molecule has 0 bridgehead atoms. The van der Waals surface area contributed by atoms with Crippen LogP contribution in [-0.4, -0.2) is 24.7 Å². The molecule has 9 heavy (non-hydrogen) atoms. The van der Waals surface area contributed by atoms with Crippen LogP contribution in [0.25, 0.3) is 0 Å². The van der Waals surface area contributed by atoms with Gasteiger partial charge in [0.2, 0.25) is 0 Å². The molecule has 0 atom stereocenters. The predicted octanol–water partition coefficient (Wildman–Crippen LogP) is 0.635. The van der Waals surface area contributed by atoms with Crippen LogP contribution in [0.3, 0.4) is 0 Å². The summed E-state index contributed by atoms with van der Waals surface area (Å²) in [7, 11) is 0. The molecule has 2 nitrogen and oxygen atoms in total. The summed E-state index contributed by atoms with van der Waals surface area (Å²) in [5.74, 6) is 0. The highest BCUT2D eigenvalue weighted by Crippen LogP contribution is 2.27. The van der Waals surface area contributed by atoms with Crippen molar-refractivity contribution < 1.29 is 0 Å². The monoisotopic (exact) mass is 128 g/mol. The normalized spacial score (nSPS) is 27.0. The second kappa shape index (κ2) is 2.27. The third-order valence-electron chi connectivity index (χ3n) is 2.01. The van der Waals surface area contributed by atoms with E-state index >= 15 is 0 Å². The van der Waals surface area contributed by atoms with E-state index in [1.54, 1.807) is 0 Å². The lowest BCUT2D eigenvalue weighted by molar-refractivity contribution is 0.298. The molecule has 1 fully saturated rings. The third-order valence-corrected chi connectivity index (χ3v) is 2.01. The van der Waals surface area contributed by atoms with Crippen LogP contribution in [-0.2, 0) is 0 Å². The Morgan fingerprint density at radius 2 is 2.22 bits per heavy atom. The smallest absolute Gasteiger partial charge is 0.0455 e. The SMILES string of the molecule is CC1(C)CCN(CN)C1. The fraction of sp³-hybridized carbons (Fsp3) is 1.00. The molecule has 2 heteroatoms. The molecule has 0 spiro atoms. The van der Waals surface area contributed by atoms with E-state index in [1.165, 1.54) is 19.5 Å². The molecule has 0 aromatic rings. The Balaban J connectivity index is 2.38. The average molecular weight is 128 g/mol. The zero-order valence-corrected chi connectivity index (χ0v) is 6.35. The molecule has 0 aromatic carbocycles. The second-order valence-electron chi connectivity index (χ2n) is 3.65. The van der Waals surface area contributed by atoms with Crippen LogP contribution in [0.15, 0.2) is 0 Å². The van der Waals surface area contributed by atoms with E-state index in [9.17, 15) is 0 Å². The van der Waals surface area contributed by atoms with E-state index in [0.29, 0.717) is 5.41 Å². The van der Waals surface area contributed by atoms with E-state index < -0.39 is 0 Å².